The van der Waals surface area contributed by atoms with Crippen molar-refractivity contribution in [1.82, 2.24) is 25.2 Å². The normalized spacial score (nSPS) is 26.5. The van der Waals surface area contributed by atoms with Gasteiger partial charge in [-0.1, -0.05) is 12.8 Å². The molecule has 3 heterocycles. The molecule has 5 atom stereocenters. The number of carbonyl (C=O) groups excluding carboxylic acids is 1. The molecule has 1 saturated heterocycles. The highest BCUT2D eigenvalue weighted by Gasteiger charge is 2.57. The quantitative estimate of drug-likeness (QED) is 0.0831. The molecule has 0 bridgehead atoms. The maximum absolute atomic E-state index is 12.1. The number of ether oxygens (including phenoxy) is 3. The summed E-state index contributed by atoms with van der Waals surface area (Å²) in [5.74, 6) is -1.11. The van der Waals surface area contributed by atoms with Crippen LogP contribution >= 0.6 is 19.2 Å². The number of aliphatic hydroxyl groups excluding tert-OH is 2. The van der Waals surface area contributed by atoms with E-state index < -0.39 is 56.6 Å². The Hall–Kier alpha value is -1.98. The number of methoxy groups -OCH3 is 1. The van der Waals surface area contributed by atoms with E-state index in [1.807, 2.05) is 0 Å². The van der Waals surface area contributed by atoms with E-state index in [0.717, 1.165) is 38.3 Å². The van der Waals surface area contributed by atoms with Crippen LogP contribution in [0.5, 0.6) is 0 Å². The van der Waals surface area contributed by atoms with Crippen LogP contribution in [0.15, 0.2) is 6.20 Å². The molecule has 16 nitrogen and oxygen atoms in total. The summed E-state index contributed by atoms with van der Waals surface area (Å²) in [6.45, 7) is -1.71. The Labute approximate surface area is 215 Å². The first-order valence-electron chi connectivity index (χ1n) is 11.3. The van der Waals surface area contributed by atoms with Crippen LogP contribution in [-0.4, -0.2) is 101 Å². The van der Waals surface area contributed by atoms with Gasteiger partial charge in [0.1, 0.15) is 24.1 Å². The zero-order chi connectivity index (χ0) is 27.0. The number of aromatic nitrogens is 4. The summed E-state index contributed by atoms with van der Waals surface area (Å²) in [4.78, 5) is 40.1. The number of aliphatic hydroxyl groups is 2. The number of anilines is 1. The fraction of sp³-hybridized carbons (Fsp3) is 0.684. The molecule has 2 aromatic heterocycles. The Kier molecular flexibility index (Phi) is 8.35. The fourth-order valence-corrected chi connectivity index (χ4v) is 5.52. The minimum atomic E-state index is -5.38. The molecule has 2 fully saturated rings. The molecule has 206 valence electrons. The van der Waals surface area contributed by atoms with E-state index in [1.165, 1.54) is 10.9 Å². The van der Waals surface area contributed by atoms with E-state index in [2.05, 4.69) is 20.4 Å². The summed E-state index contributed by atoms with van der Waals surface area (Å²) < 4.78 is 29.0. The summed E-state index contributed by atoms with van der Waals surface area (Å²) in [5, 5.41) is 35.3. The molecule has 4 rings (SSSR count). The second kappa shape index (κ2) is 11.0. The number of amides is 1. The number of fused-ring (bicyclic) bond motifs is 1. The number of rotatable bonds is 10. The highest BCUT2D eigenvalue weighted by Crippen LogP contribution is 2.52. The number of hydrogen-bond acceptors (Lipinski definition) is 12. The lowest BCUT2D eigenvalue weighted by atomic mass is 10.1. The predicted octanol–water partition coefficient (Wildman–Crippen LogP) is -0.504. The van der Waals surface area contributed by atoms with Gasteiger partial charge in [-0.3, -0.25) is 14.6 Å². The molecule has 37 heavy (non-hydrogen) atoms. The Bertz CT molecular complexity index is 1180. The third-order valence-electron chi connectivity index (χ3n) is 6.45. The van der Waals surface area contributed by atoms with Crippen LogP contribution in [0.1, 0.15) is 31.9 Å². The van der Waals surface area contributed by atoms with Crippen LogP contribution in [0.4, 0.5) is 5.82 Å². The minimum Gasteiger partial charge on any atom is -0.387 e. The second-order valence-electron chi connectivity index (χ2n) is 8.85. The van der Waals surface area contributed by atoms with Crippen LogP contribution in [-0.2, 0) is 23.6 Å². The SMILES string of the molecule is COC[C@](OC[C@H]1O[C@@H](n2ncc3c(NC4CCCC4)nc(Cl)nc32)[C@H](O)[C@@H]1O)(C(=O)NO)P(=O)(O)O. The lowest BCUT2D eigenvalue weighted by Crippen LogP contribution is -2.52. The van der Waals surface area contributed by atoms with Crippen molar-refractivity contribution in [3.05, 3.63) is 11.5 Å². The third-order valence-corrected chi connectivity index (χ3v) is 8.03. The van der Waals surface area contributed by atoms with E-state index in [1.54, 1.807) is 0 Å². The summed E-state index contributed by atoms with van der Waals surface area (Å²) in [5.41, 5.74) is 1.35. The Balaban J connectivity index is 1.58. The van der Waals surface area contributed by atoms with Crippen molar-refractivity contribution in [3.63, 3.8) is 0 Å². The monoisotopic (exact) mass is 566 g/mol. The Morgan fingerprint density at radius 1 is 1.30 bits per heavy atom. The lowest BCUT2D eigenvalue weighted by molar-refractivity contribution is -0.160. The highest BCUT2D eigenvalue weighted by molar-refractivity contribution is 7.54. The number of nitrogens with zero attached hydrogens (tertiary/aromatic N) is 4. The maximum Gasteiger partial charge on any atom is 0.369 e. The number of hydrogen-bond donors (Lipinski definition) is 7. The van der Waals surface area contributed by atoms with Gasteiger partial charge < -0.3 is 39.5 Å². The zero-order valence-electron chi connectivity index (χ0n) is 19.6. The molecule has 0 radical (unpaired) electrons. The molecule has 18 heteroatoms. The summed E-state index contributed by atoms with van der Waals surface area (Å²) in [6.07, 6.45) is -0.273. The topological polar surface area (TPSA) is 231 Å². The standard InChI is InChI=1S/C19H28ClN6O10P/c1-34-8-19(17(29)25-30,37(31,32)33)35-7-11-12(27)13(28)16(36-11)26-15-10(6-21-26)14(23-18(20)24-15)22-9-4-2-3-5-9/h6,9,11-13,16,27-28,30H,2-5,7-8H2,1H3,(H,25,29)(H,22,23,24)(H2,31,32,33)/t11-,12-,13-,16-,19-/m1/s1. The molecule has 0 unspecified atom stereocenters. The van der Waals surface area contributed by atoms with Crippen molar-refractivity contribution in [2.24, 2.45) is 0 Å². The summed E-state index contributed by atoms with van der Waals surface area (Å²) in [7, 11) is -4.32. The molecular weight excluding hydrogens is 539 g/mol. The summed E-state index contributed by atoms with van der Waals surface area (Å²) >= 11 is 6.13. The first kappa shape index (κ1) is 28.0. The second-order valence-corrected chi connectivity index (χ2v) is 11.0. The lowest BCUT2D eigenvalue weighted by Gasteiger charge is -2.32. The molecule has 1 aliphatic heterocycles. The Morgan fingerprint density at radius 2 is 2.00 bits per heavy atom. The van der Waals surface area contributed by atoms with Crippen molar-refractivity contribution < 1.29 is 48.8 Å². The van der Waals surface area contributed by atoms with Gasteiger partial charge in [0, 0.05) is 13.2 Å². The van der Waals surface area contributed by atoms with E-state index in [0.29, 0.717) is 11.2 Å². The van der Waals surface area contributed by atoms with Crippen molar-refractivity contribution in [2.45, 2.75) is 61.6 Å². The molecule has 1 aliphatic carbocycles. The maximum atomic E-state index is 12.1. The van der Waals surface area contributed by atoms with Gasteiger partial charge in [-0.25, -0.2) is 10.2 Å². The van der Waals surface area contributed by atoms with Crippen molar-refractivity contribution >= 4 is 42.0 Å². The van der Waals surface area contributed by atoms with Crippen molar-refractivity contribution in [1.29, 1.82) is 0 Å². The molecule has 0 spiro atoms. The number of halogens is 1. The first-order valence-corrected chi connectivity index (χ1v) is 13.3. The number of nitrogens with one attached hydrogen (secondary N) is 2. The van der Waals surface area contributed by atoms with Crippen molar-refractivity contribution in [2.75, 3.05) is 25.6 Å². The van der Waals surface area contributed by atoms with Crippen LogP contribution in [0, 0.1) is 0 Å². The molecule has 0 aromatic carbocycles. The van der Waals surface area contributed by atoms with Crippen molar-refractivity contribution in [3.8, 4) is 0 Å². The molecule has 1 amide bonds. The van der Waals surface area contributed by atoms with E-state index in [4.69, 9.17) is 31.0 Å². The van der Waals surface area contributed by atoms with Gasteiger partial charge in [0.05, 0.1) is 24.8 Å². The van der Waals surface area contributed by atoms with E-state index in [-0.39, 0.29) is 17.0 Å². The first-order chi connectivity index (χ1) is 17.5. The van der Waals surface area contributed by atoms with Gasteiger partial charge in [-0.05, 0) is 24.4 Å². The van der Waals surface area contributed by atoms with Crippen LogP contribution in [0.25, 0.3) is 11.0 Å². The Morgan fingerprint density at radius 3 is 2.62 bits per heavy atom. The van der Waals surface area contributed by atoms with Gasteiger partial charge in [0.2, 0.25) is 5.28 Å². The molecule has 2 aromatic rings. The average molecular weight is 567 g/mol. The van der Waals surface area contributed by atoms with Crippen LogP contribution < -0.4 is 10.8 Å². The predicted molar refractivity (Wildman–Crippen MR) is 125 cm³/mol. The average Bonchev–Trinajstić information content (AvgIpc) is 3.56. The van der Waals surface area contributed by atoms with Gasteiger partial charge >= 0.3 is 7.60 Å². The fourth-order valence-electron chi connectivity index (χ4n) is 4.50. The van der Waals surface area contributed by atoms with E-state index >= 15 is 0 Å². The van der Waals surface area contributed by atoms with Gasteiger partial charge in [-0.15, -0.1) is 0 Å². The molecular formula is C19H28ClN6O10P. The largest absolute Gasteiger partial charge is 0.387 e. The van der Waals surface area contributed by atoms with Gasteiger partial charge in [-0.2, -0.15) is 15.1 Å². The zero-order valence-corrected chi connectivity index (χ0v) is 21.2. The minimum absolute atomic E-state index is 0.0799. The molecule has 2 aliphatic rings. The van der Waals surface area contributed by atoms with Crippen LogP contribution in [0.2, 0.25) is 5.28 Å². The summed E-state index contributed by atoms with van der Waals surface area (Å²) in [6, 6.07) is 0.215. The third kappa shape index (κ3) is 5.31. The number of carbonyl (C=O) groups is 1. The van der Waals surface area contributed by atoms with Gasteiger partial charge in [0.15, 0.2) is 11.9 Å². The van der Waals surface area contributed by atoms with Gasteiger partial charge in [0.25, 0.3) is 11.2 Å². The van der Waals surface area contributed by atoms with E-state index in [9.17, 15) is 29.4 Å². The molecule has 1 saturated carbocycles. The van der Waals surface area contributed by atoms with Crippen LogP contribution in [0.3, 0.4) is 0 Å². The highest BCUT2D eigenvalue weighted by atomic mass is 35.5. The smallest absolute Gasteiger partial charge is 0.369 e. The molecule has 7 N–H and O–H groups in total. The number of hydroxylamine groups is 1.